The molecule has 1 atom stereocenters. The molecule has 1 aliphatic heterocycles. The first kappa shape index (κ1) is 17.7. The van der Waals surface area contributed by atoms with Gasteiger partial charge in [-0.05, 0) is 55.3 Å². The Morgan fingerprint density at radius 2 is 1.89 bits per heavy atom. The minimum absolute atomic E-state index is 0.440. The summed E-state index contributed by atoms with van der Waals surface area (Å²) in [6, 6.07) is 16.6. The van der Waals surface area contributed by atoms with E-state index >= 15 is 0 Å². The topological polar surface area (TPSA) is 29.3 Å². The third-order valence-corrected chi connectivity index (χ3v) is 6.10. The van der Waals surface area contributed by atoms with Crippen molar-refractivity contribution in [3.8, 4) is 0 Å². The lowest BCUT2D eigenvalue weighted by Crippen LogP contribution is -2.16. The summed E-state index contributed by atoms with van der Waals surface area (Å²) in [7, 11) is 0. The van der Waals surface area contributed by atoms with Crippen molar-refractivity contribution < 1.29 is 0 Å². The summed E-state index contributed by atoms with van der Waals surface area (Å²) >= 11 is 1.83. The van der Waals surface area contributed by atoms with Crippen LogP contribution in [0, 0.1) is 5.92 Å². The third-order valence-electron chi connectivity index (χ3n) is 4.97. The molecule has 0 spiro atoms. The zero-order valence-electron chi connectivity index (χ0n) is 15.7. The molecule has 2 N–H and O–H groups in total. The first-order valence-electron chi connectivity index (χ1n) is 9.34. The van der Waals surface area contributed by atoms with Crippen molar-refractivity contribution in [1.82, 2.24) is 0 Å². The van der Waals surface area contributed by atoms with Gasteiger partial charge in [0.05, 0.1) is 10.7 Å². The predicted molar refractivity (Wildman–Crippen MR) is 119 cm³/mol. The number of para-hydroxylation sites is 2. The standard InChI is InChI=1S/C24H24N2S/c1-3-26-22-12-6-7-13-23(22)27-24(26)14-8-10-18(20-15-17(20)2)16-19-9-4-5-11-21(19)25/h4-16,20H,3,25H2,1-2H3. The van der Waals surface area contributed by atoms with Crippen LogP contribution in [0.4, 0.5) is 11.4 Å². The van der Waals surface area contributed by atoms with Gasteiger partial charge in [0.25, 0.3) is 0 Å². The van der Waals surface area contributed by atoms with Gasteiger partial charge in [0.15, 0.2) is 0 Å². The quantitative estimate of drug-likeness (QED) is 0.382. The highest BCUT2D eigenvalue weighted by Gasteiger charge is 2.24. The van der Waals surface area contributed by atoms with E-state index in [1.54, 1.807) is 0 Å². The number of anilines is 2. The maximum Gasteiger partial charge on any atom is 0.0801 e. The number of nitrogen functional groups attached to an aromatic ring is 1. The molecule has 2 aliphatic rings. The van der Waals surface area contributed by atoms with Crippen LogP contribution in [0.3, 0.4) is 0 Å². The van der Waals surface area contributed by atoms with E-state index < -0.39 is 0 Å². The largest absolute Gasteiger partial charge is 0.398 e. The fraction of sp³-hybridized carbons (Fsp3) is 0.167. The Labute approximate surface area is 165 Å². The van der Waals surface area contributed by atoms with Crippen molar-refractivity contribution in [3.05, 3.63) is 94.6 Å². The van der Waals surface area contributed by atoms with Gasteiger partial charge in [-0.2, -0.15) is 0 Å². The number of nitrogens with two attached hydrogens (primary N) is 1. The van der Waals surface area contributed by atoms with Gasteiger partial charge in [0.2, 0.25) is 0 Å². The van der Waals surface area contributed by atoms with E-state index in [-0.39, 0.29) is 0 Å². The molecule has 136 valence electrons. The average Bonchev–Trinajstić information content (AvgIpc) is 3.29. The van der Waals surface area contributed by atoms with E-state index in [0.29, 0.717) is 5.92 Å². The van der Waals surface area contributed by atoms with Gasteiger partial charge >= 0.3 is 0 Å². The van der Waals surface area contributed by atoms with Gasteiger partial charge in [-0.1, -0.05) is 65.9 Å². The number of benzene rings is 2. The van der Waals surface area contributed by atoms with Crippen LogP contribution in [0.5, 0.6) is 0 Å². The number of allylic oxidation sites excluding steroid dienone is 6. The Balaban J connectivity index is 1.58. The van der Waals surface area contributed by atoms with Crippen molar-refractivity contribution >= 4 is 29.2 Å². The molecular weight excluding hydrogens is 348 g/mol. The van der Waals surface area contributed by atoms with Crippen LogP contribution < -0.4 is 10.6 Å². The summed E-state index contributed by atoms with van der Waals surface area (Å²) in [4.78, 5) is 3.69. The molecule has 1 heterocycles. The first-order chi connectivity index (χ1) is 13.2. The van der Waals surface area contributed by atoms with Gasteiger partial charge in [-0.25, -0.2) is 0 Å². The fourth-order valence-electron chi connectivity index (χ4n) is 3.38. The molecule has 0 saturated carbocycles. The lowest BCUT2D eigenvalue weighted by molar-refractivity contribution is 1.00. The van der Waals surface area contributed by atoms with Gasteiger partial charge in [0, 0.05) is 23.0 Å². The molecule has 27 heavy (non-hydrogen) atoms. The Hall–Kier alpha value is -2.65. The molecule has 1 aliphatic carbocycles. The smallest absolute Gasteiger partial charge is 0.0801 e. The number of hydrogen-bond acceptors (Lipinski definition) is 3. The molecular formula is C24H24N2S. The molecule has 2 aromatic carbocycles. The normalized spacial score (nSPS) is 20.3. The predicted octanol–water partition coefficient (Wildman–Crippen LogP) is 6.26. The first-order valence-corrected chi connectivity index (χ1v) is 10.2. The van der Waals surface area contributed by atoms with Crippen LogP contribution in [0.15, 0.2) is 93.9 Å². The second kappa shape index (κ2) is 7.53. The molecule has 4 rings (SSSR count). The van der Waals surface area contributed by atoms with Crippen LogP contribution in [0.2, 0.25) is 0 Å². The monoisotopic (exact) mass is 372 g/mol. The summed E-state index contributed by atoms with van der Waals surface area (Å²) in [5.74, 6) is 0.440. The zero-order chi connectivity index (χ0) is 18.8. The highest BCUT2D eigenvalue weighted by Crippen LogP contribution is 2.45. The number of thioether (sulfide) groups is 1. The lowest BCUT2D eigenvalue weighted by atomic mass is 10.0. The highest BCUT2D eigenvalue weighted by atomic mass is 32.2. The van der Waals surface area contributed by atoms with Gasteiger partial charge in [-0.3, -0.25) is 0 Å². The average molecular weight is 373 g/mol. The molecule has 0 amide bonds. The fourth-order valence-corrected chi connectivity index (χ4v) is 4.52. The molecule has 0 fully saturated rings. The molecule has 2 nitrogen and oxygen atoms in total. The van der Waals surface area contributed by atoms with Crippen molar-refractivity contribution in [2.45, 2.75) is 18.7 Å². The third kappa shape index (κ3) is 3.74. The number of hydrogen-bond donors (Lipinski definition) is 1. The van der Waals surface area contributed by atoms with Crippen LogP contribution in [0.1, 0.15) is 19.4 Å². The van der Waals surface area contributed by atoms with Gasteiger partial charge < -0.3 is 10.6 Å². The minimum atomic E-state index is 0.440. The molecule has 1 unspecified atom stereocenters. The van der Waals surface area contributed by atoms with E-state index in [1.165, 1.54) is 26.8 Å². The maximum absolute atomic E-state index is 6.13. The van der Waals surface area contributed by atoms with E-state index in [0.717, 1.165) is 17.8 Å². The van der Waals surface area contributed by atoms with Crippen molar-refractivity contribution in [2.24, 2.45) is 5.92 Å². The van der Waals surface area contributed by atoms with Crippen molar-refractivity contribution in [1.29, 1.82) is 0 Å². The summed E-state index contributed by atoms with van der Waals surface area (Å²) in [6.45, 7) is 5.35. The Bertz CT molecular complexity index is 981. The van der Waals surface area contributed by atoms with Crippen molar-refractivity contribution in [3.63, 3.8) is 0 Å². The molecule has 2 aromatic rings. The summed E-state index contributed by atoms with van der Waals surface area (Å²) in [6.07, 6.45) is 11.1. The molecule has 0 saturated heterocycles. The highest BCUT2D eigenvalue weighted by molar-refractivity contribution is 8.03. The van der Waals surface area contributed by atoms with Gasteiger partial charge in [0.1, 0.15) is 0 Å². The molecule has 3 heteroatoms. The van der Waals surface area contributed by atoms with Gasteiger partial charge in [-0.15, -0.1) is 0 Å². The second-order valence-electron chi connectivity index (χ2n) is 6.84. The van der Waals surface area contributed by atoms with Crippen LogP contribution in [-0.4, -0.2) is 6.54 Å². The Morgan fingerprint density at radius 1 is 1.15 bits per heavy atom. The maximum atomic E-state index is 6.13. The van der Waals surface area contributed by atoms with Crippen LogP contribution >= 0.6 is 11.8 Å². The second-order valence-corrected chi connectivity index (χ2v) is 7.90. The number of fused-ring (bicyclic) bond motifs is 1. The molecule has 0 aromatic heterocycles. The van der Waals surface area contributed by atoms with E-state index in [2.05, 4.69) is 79.5 Å². The SMILES string of the molecule is CCN1C(=CC=CC(=Cc2ccccc2N)C2C=C2C)Sc2ccccc21. The van der Waals surface area contributed by atoms with E-state index in [1.807, 2.05) is 30.0 Å². The van der Waals surface area contributed by atoms with E-state index in [9.17, 15) is 0 Å². The van der Waals surface area contributed by atoms with Crippen LogP contribution in [-0.2, 0) is 0 Å². The molecule has 0 bridgehead atoms. The summed E-state index contributed by atoms with van der Waals surface area (Å²) < 4.78 is 0. The van der Waals surface area contributed by atoms with E-state index in [4.69, 9.17) is 5.73 Å². The number of nitrogens with zero attached hydrogens (tertiary/aromatic N) is 1. The Morgan fingerprint density at radius 3 is 2.63 bits per heavy atom. The summed E-state index contributed by atoms with van der Waals surface area (Å²) in [5.41, 5.74) is 12.0. The minimum Gasteiger partial charge on any atom is -0.398 e. The summed E-state index contributed by atoms with van der Waals surface area (Å²) in [5, 5.41) is 1.27. The van der Waals surface area contributed by atoms with Crippen LogP contribution in [0.25, 0.3) is 6.08 Å². The number of rotatable bonds is 5. The molecule has 0 radical (unpaired) electrons. The zero-order valence-corrected chi connectivity index (χ0v) is 16.5. The lowest BCUT2D eigenvalue weighted by Gasteiger charge is -2.17. The van der Waals surface area contributed by atoms with Crippen molar-refractivity contribution in [2.75, 3.05) is 17.2 Å². The Kier molecular flexibility index (Phi) is 4.95.